The Hall–Kier alpha value is -3.11. The standard InChI is InChI=1S/C33H29Cl4N5O3/c34-20-6-11-26(35)25(12-20)32-40-29(45-41-32)17-44-23-9-4-18(5-10-23)24-13-21-14-38-15-28(39-21)30(24)33(43)42(22-7-8-22)16-19-2-1-3-27(36)31(19)37/h1-6,9-12,21-22,28,38-39H,7-8,13-17H2/t21-,28-/m1/s1. The molecule has 2 atom stereocenters. The highest BCUT2D eigenvalue weighted by Gasteiger charge is 2.41. The molecule has 0 radical (unpaired) electrons. The highest BCUT2D eigenvalue weighted by molar-refractivity contribution is 6.42. The smallest absolute Gasteiger partial charge is 0.264 e. The predicted octanol–water partition coefficient (Wildman–Crippen LogP) is 7.21. The summed E-state index contributed by atoms with van der Waals surface area (Å²) in [6.45, 7) is 2.03. The minimum atomic E-state index is -0.0910. The lowest BCUT2D eigenvalue weighted by Gasteiger charge is -2.41. The van der Waals surface area contributed by atoms with Crippen LogP contribution < -0.4 is 15.4 Å². The summed E-state index contributed by atoms with van der Waals surface area (Å²) in [4.78, 5) is 20.8. The zero-order chi connectivity index (χ0) is 31.1. The third-order valence-electron chi connectivity index (χ3n) is 8.35. The molecule has 1 saturated carbocycles. The lowest BCUT2D eigenvalue weighted by atomic mass is 9.83. The lowest BCUT2D eigenvalue weighted by Crippen LogP contribution is -2.60. The third kappa shape index (κ3) is 6.59. The summed E-state index contributed by atoms with van der Waals surface area (Å²) >= 11 is 25.2. The topological polar surface area (TPSA) is 92.5 Å². The van der Waals surface area contributed by atoms with Gasteiger partial charge in [0.15, 0.2) is 6.61 Å². The second-order valence-electron chi connectivity index (χ2n) is 11.5. The fourth-order valence-electron chi connectivity index (χ4n) is 5.99. The number of fused-ring (bicyclic) bond motifs is 2. The van der Waals surface area contributed by atoms with Crippen LogP contribution in [0.3, 0.4) is 0 Å². The second kappa shape index (κ2) is 12.9. The van der Waals surface area contributed by atoms with E-state index in [4.69, 9.17) is 55.7 Å². The van der Waals surface area contributed by atoms with Gasteiger partial charge in [-0.05, 0) is 72.4 Å². The van der Waals surface area contributed by atoms with Gasteiger partial charge in [0, 0.05) is 47.9 Å². The van der Waals surface area contributed by atoms with Gasteiger partial charge in [-0.2, -0.15) is 4.98 Å². The molecule has 2 bridgehead atoms. The van der Waals surface area contributed by atoms with Crippen LogP contribution in [-0.4, -0.2) is 52.2 Å². The molecule has 0 unspecified atom stereocenters. The number of carbonyl (C=O) groups excluding carboxylic acids is 1. The average molecular weight is 685 g/mol. The van der Waals surface area contributed by atoms with Crippen molar-refractivity contribution in [1.29, 1.82) is 0 Å². The molecular weight excluding hydrogens is 656 g/mol. The number of hydrogen-bond acceptors (Lipinski definition) is 7. The van der Waals surface area contributed by atoms with Crippen LogP contribution in [0.15, 0.2) is 70.8 Å². The summed E-state index contributed by atoms with van der Waals surface area (Å²) in [7, 11) is 0. The highest BCUT2D eigenvalue weighted by atomic mass is 35.5. The SMILES string of the molecule is O=C(C1=C(c2ccc(OCc3nc(-c4cc(Cl)ccc4Cl)no3)cc2)C[C@@H]2CNC[C@H]1N2)N(Cc1cccc(Cl)c1Cl)C1CC1. The predicted molar refractivity (Wildman–Crippen MR) is 176 cm³/mol. The molecule has 232 valence electrons. The van der Waals surface area contributed by atoms with Gasteiger partial charge in [0.1, 0.15) is 5.75 Å². The van der Waals surface area contributed by atoms with Crippen LogP contribution in [0.25, 0.3) is 17.0 Å². The summed E-state index contributed by atoms with van der Waals surface area (Å²) in [5.74, 6) is 1.32. The number of ether oxygens (including phenoxy) is 1. The van der Waals surface area contributed by atoms with Gasteiger partial charge in [-0.3, -0.25) is 4.79 Å². The zero-order valence-corrected chi connectivity index (χ0v) is 27.1. The van der Waals surface area contributed by atoms with E-state index >= 15 is 0 Å². The van der Waals surface area contributed by atoms with Crippen LogP contribution in [0.1, 0.15) is 36.3 Å². The van der Waals surface area contributed by atoms with Crippen molar-refractivity contribution in [1.82, 2.24) is 25.7 Å². The van der Waals surface area contributed by atoms with E-state index in [9.17, 15) is 4.79 Å². The van der Waals surface area contributed by atoms with E-state index in [-0.39, 0.29) is 30.6 Å². The first-order valence-corrected chi connectivity index (χ1v) is 16.3. The largest absolute Gasteiger partial charge is 0.484 e. The first kappa shape index (κ1) is 30.5. The summed E-state index contributed by atoms with van der Waals surface area (Å²) in [5, 5.41) is 13.2. The monoisotopic (exact) mass is 683 g/mol. The van der Waals surface area contributed by atoms with Crippen LogP contribution in [-0.2, 0) is 17.9 Å². The molecular formula is C33H29Cl4N5O3. The van der Waals surface area contributed by atoms with Crippen LogP contribution in [0.5, 0.6) is 5.75 Å². The third-order valence-corrected chi connectivity index (χ3v) is 9.78. The van der Waals surface area contributed by atoms with Crippen molar-refractivity contribution in [3.63, 3.8) is 0 Å². The molecule has 3 heterocycles. The number of hydrogen-bond donors (Lipinski definition) is 2. The number of amides is 1. The van der Waals surface area contributed by atoms with Gasteiger partial charge in [-0.1, -0.05) is 75.8 Å². The summed E-state index contributed by atoms with van der Waals surface area (Å²) in [6.07, 6.45) is 2.69. The number of piperazine rings is 1. The maximum absolute atomic E-state index is 14.4. The van der Waals surface area contributed by atoms with Crippen molar-refractivity contribution in [2.24, 2.45) is 0 Å². The summed E-state index contributed by atoms with van der Waals surface area (Å²) < 4.78 is 11.3. The van der Waals surface area contributed by atoms with Crippen LogP contribution in [0, 0.1) is 0 Å². The van der Waals surface area contributed by atoms with Gasteiger partial charge in [-0.25, -0.2) is 0 Å². The Bertz CT molecular complexity index is 1770. The van der Waals surface area contributed by atoms with E-state index in [0.717, 1.165) is 48.1 Å². The molecule has 1 aromatic heterocycles. The normalized spacial score (nSPS) is 19.5. The first-order valence-electron chi connectivity index (χ1n) is 14.8. The number of nitrogens with one attached hydrogen (secondary N) is 2. The fourth-order valence-corrected chi connectivity index (χ4v) is 6.74. The van der Waals surface area contributed by atoms with Crippen LogP contribution >= 0.6 is 46.4 Å². The number of rotatable bonds is 9. The summed E-state index contributed by atoms with van der Waals surface area (Å²) in [5.41, 5.74) is 4.29. The maximum Gasteiger partial charge on any atom is 0.264 e. The van der Waals surface area contributed by atoms with Crippen molar-refractivity contribution in [3.05, 3.63) is 103 Å². The van der Waals surface area contributed by atoms with Crippen molar-refractivity contribution in [2.45, 2.75) is 50.5 Å². The van der Waals surface area contributed by atoms with Crippen molar-refractivity contribution in [2.75, 3.05) is 13.1 Å². The second-order valence-corrected chi connectivity index (χ2v) is 13.1. The van der Waals surface area contributed by atoms with E-state index in [1.807, 2.05) is 41.3 Å². The number of benzene rings is 3. The van der Waals surface area contributed by atoms with Crippen molar-refractivity contribution < 1.29 is 14.1 Å². The number of nitrogens with zero attached hydrogens (tertiary/aromatic N) is 3. The molecule has 1 saturated heterocycles. The lowest BCUT2D eigenvalue weighted by molar-refractivity contribution is -0.128. The minimum Gasteiger partial charge on any atom is -0.484 e. The molecule has 2 aliphatic heterocycles. The van der Waals surface area contributed by atoms with E-state index < -0.39 is 0 Å². The van der Waals surface area contributed by atoms with Gasteiger partial charge < -0.3 is 24.8 Å². The maximum atomic E-state index is 14.4. The Morgan fingerprint density at radius 1 is 1.00 bits per heavy atom. The fraction of sp³-hybridized carbons (Fsp3) is 0.303. The van der Waals surface area contributed by atoms with Gasteiger partial charge >= 0.3 is 0 Å². The van der Waals surface area contributed by atoms with Crippen molar-refractivity contribution in [3.8, 4) is 17.1 Å². The Kier molecular flexibility index (Phi) is 8.79. The first-order chi connectivity index (χ1) is 21.8. The van der Waals surface area contributed by atoms with E-state index in [0.29, 0.717) is 56.2 Å². The van der Waals surface area contributed by atoms with E-state index in [1.165, 1.54) is 0 Å². The van der Waals surface area contributed by atoms with Crippen LogP contribution in [0.4, 0.5) is 0 Å². The van der Waals surface area contributed by atoms with Crippen LogP contribution in [0.2, 0.25) is 20.1 Å². The molecule has 7 rings (SSSR count). The number of carbonyl (C=O) groups is 1. The molecule has 3 aliphatic rings. The van der Waals surface area contributed by atoms with E-state index in [1.54, 1.807) is 24.3 Å². The Balaban J connectivity index is 1.12. The molecule has 45 heavy (non-hydrogen) atoms. The highest BCUT2D eigenvalue weighted by Crippen LogP contribution is 2.38. The van der Waals surface area contributed by atoms with Gasteiger partial charge in [0.05, 0.1) is 21.1 Å². The van der Waals surface area contributed by atoms with Gasteiger partial charge in [0.2, 0.25) is 5.82 Å². The zero-order valence-electron chi connectivity index (χ0n) is 24.0. The Morgan fingerprint density at radius 3 is 2.62 bits per heavy atom. The van der Waals surface area contributed by atoms with Crippen molar-refractivity contribution >= 4 is 57.9 Å². The molecule has 1 aliphatic carbocycles. The summed E-state index contributed by atoms with van der Waals surface area (Å²) in [6, 6.07) is 18.8. The molecule has 3 aromatic carbocycles. The van der Waals surface area contributed by atoms with Gasteiger partial charge in [0.25, 0.3) is 11.8 Å². The molecule has 1 amide bonds. The average Bonchev–Trinajstić information content (AvgIpc) is 3.78. The Labute approximate surface area is 280 Å². The van der Waals surface area contributed by atoms with E-state index in [2.05, 4.69) is 20.8 Å². The molecule has 0 spiro atoms. The molecule has 12 heteroatoms. The van der Waals surface area contributed by atoms with Gasteiger partial charge in [-0.15, -0.1) is 0 Å². The molecule has 2 fully saturated rings. The Morgan fingerprint density at radius 2 is 1.82 bits per heavy atom. The number of aromatic nitrogens is 2. The molecule has 4 aromatic rings. The molecule has 2 N–H and O–H groups in total. The number of halogens is 4. The quantitative estimate of drug-likeness (QED) is 0.193. The molecule has 8 nitrogen and oxygen atoms in total. The minimum absolute atomic E-state index is 0.0375.